The average Bonchev–Trinajstić information content (AvgIpc) is 2.36. The third kappa shape index (κ3) is 1.92. The first kappa shape index (κ1) is 11.1. The van der Waals surface area contributed by atoms with E-state index < -0.39 is 5.82 Å². The van der Waals surface area contributed by atoms with Gasteiger partial charge in [0.05, 0.1) is 6.20 Å². The van der Waals surface area contributed by atoms with E-state index in [0.29, 0.717) is 12.0 Å². The van der Waals surface area contributed by atoms with Crippen molar-refractivity contribution in [3.05, 3.63) is 65.2 Å². The van der Waals surface area contributed by atoms with Crippen LogP contribution in [0.25, 0.3) is 0 Å². The second-order valence-electron chi connectivity index (χ2n) is 4.62. The van der Waals surface area contributed by atoms with Gasteiger partial charge < -0.3 is 0 Å². The van der Waals surface area contributed by atoms with Gasteiger partial charge in [0.1, 0.15) is 5.82 Å². The first-order chi connectivity index (χ1) is 8.74. The lowest BCUT2D eigenvalue weighted by atomic mass is 9.74. The molecule has 0 radical (unpaired) electrons. The van der Waals surface area contributed by atoms with Gasteiger partial charge in [-0.1, -0.05) is 24.3 Å². The van der Waals surface area contributed by atoms with Crippen molar-refractivity contribution in [1.29, 1.82) is 0 Å². The molecule has 3 heteroatoms. The number of hydrogen-bond donors (Lipinski definition) is 0. The van der Waals surface area contributed by atoms with Crippen LogP contribution in [0.3, 0.4) is 0 Å². The molecule has 0 spiro atoms. The van der Waals surface area contributed by atoms with Crippen LogP contribution in [-0.2, 0) is 6.42 Å². The fourth-order valence-corrected chi connectivity index (χ4v) is 2.45. The van der Waals surface area contributed by atoms with Gasteiger partial charge in [-0.3, -0.25) is 9.78 Å². The van der Waals surface area contributed by atoms with Crippen LogP contribution in [0.4, 0.5) is 4.39 Å². The maximum Gasteiger partial charge on any atom is 0.165 e. The molecule has 1 unspecified atom stereocenters. The Morgan fingerprint density at radius 1 is 1.33 bits per heavy atom. The Morgan fingerprint density at radius 3 is 2.94 bits per heavy atom. The molecule has 0 amide bonds. The largest absolute Gasteiger partial charge is 0.294 e. The van der Waals surface area contributed by atoms with Crippen LogP contribution >= 0.6 is 0 Å². The highest BCUT2D eigenvalue weighted by molar-refractivity contribution is 5.96. The number of halogens is 1. The van der Waals surface area contributed by atoms with Gasteiger partial charge in [-0.2, -0.15) is 0 Å². The molecule has 0 fully saturated rings. The van der Waals surface area contributed by atoms with Gasteiger partial charge in [-0.25, -0.2) is 4.39 Å². The Balaban J connectivity index is 1.74. The number of carbonyl (C=O) groups is 1. The number of carbonyl (C=O) groups excluding carboxylic acids is 1. The van der Waals surface area contributed by atoms with Crippen molar-refractivity contribution in [3.8, 4) is 0 Å². The molecule has 90 valence electrons. The van der Waals surface area contributed by atoms with Crippen molar-refractivity contribution in [3.63, 3.8) is 0 Å². The van der Waals surface area contributed by atoms with Gasteiger partial charge in [0.2, 0.25) is 0 Å². The summed E-state index contributed by atoms with van der Waals surface area (Å²) in [5.41, 5.74) is 2.92. The minimum atomic E-state index is -0.463. The Labute approximate surface area is 104 Å². The van der Waals surface area contributed by atoms with E-state index in [4.69, 9.17) is 0 Å². The molecule has 0 N–H and O–H groups in total. The van der Waals surface area contributed by atoms with Gasteiger partial charge >= 0.3 is 0 Å². The SMILES string of the molecule is O=C(CC1Cc2ccccc21)c1cncc(F)c1. The first-order valence-corrected chi connectivity index (χ1v) is 5.95. The number of rotatable bonds is 3. The normalized spacial score (nSPS) is 16.8. The summed E-state index contributed by atoms with van der Waals surface area (Å²) < 4.78 is 13.0. The van der Waals surface area contributed by atoms with E-state index in [1.807, 2.05) is 12.1 Å². The number of ketones is 1. The topological polar surface area (TPSA) is 30.0 Å². The lowest BCUT2D eigenvalue weighted by molar-refractivity contribution is 0.0969. The van der Waals surface area contributed by atoms with Gasteiger partial charge in [-0.15, -0.1) is 0 Å². The summed E-state index contributed by atoms with van der Waals surface area (Å²) >= 11 is 0. The molecule has 1 heterocycles. The number of aromatic nitrogens is 1. The second-order valence-corrected chi connectivity index (χ2v) is 4.62. The molecule has 18 heavy (non-hydrogen) atoms. The Kier molecular flexibility index (Phi) is 2.67. The van der Waals surface area contributed by atoms with Crippen LogP contribution in [0.15, 0.2) is 42.7 Å². The van der Waals surface area contributed by atoms with E-state index >= 15 is 0 Å². The van der Waals surface area contributed by atoms with Crippen molar-refractivity contribution >= 4 is 5.78 Å². The number of fused-ring (bicyclic) bond motifs is 1. The first-order valence-electron chi connectivity index (χ1n) is 5.95. The van der Waals surface area contributed by atoms with E-state index in [2.05, 4.69) is 17.1 Å². The van der Waals surface area contributed by atoms with Crippen LogP contribution in [0, 0.1) is 5.82 Å². The fourth-order valence-electron chi connectivity index (χ4n) is 2.45. The molecule has 3 rings (SSSR count). The van der Waals surface area contributed by atoms with Crippen LogP contribution in [0.1, 0.15) is 33.8 Å². The molecule has 1 atom stereocenters. The molecular formula is C15H12FNO. The zero-order chi connectivity index (χ0) is 12.5. The summed E-state index contributed by atoms with van der Waals surface area (Å²) in [5, 5.41) is 0. The number of hydrogen-bond acceptors (Lipinski definition) is 2. The maximum absolute atomic E-state index is 13.0. The molecule has 0 saturated heterocycles. The Morgan fingerprint density at radius 2 is 2.17 bits per heavy atom. The monoisotopic (exact) mass is 241 g/mol. The lowest BCUT2D eigenvalue weighted by Crippen LogP contribution is -2.20. The van der Waals surface area contributed by atoms with E-state index in [1.165, 1.54) is 23.4 Å². The van der Waals surface area contributed by atoms with Crippen molar-refractivity contribution in [2.75, 3.05) is 0 Å². The number of Topliss-reactive ketones (excluding diaryl/α,β-unsaturated/α-hetero) is 1. The van der Waals surface area contributed by atoms with Crippen molar-refractivity contribution in [2.24, 2.45) is 0 Å². The molecule has 2 aromatic rings. The van der Waals surface area contributed by atoms with Gasteiger partial charge in [0.15, 0.2) is 5.78 Å². The quantitative estimate of drug-likeness (QED) is 0.773. The number of benzene rings is 1. The summed E-state index contributed by atoms with van der Waals surface area (Å²) in [6.07, 6.45) is 3.90. The summed E-state index contributed by atoms with van der Waals surface area (Å²) in [5.74, 6) is -0.228. The van der Waals surface area contributed by atoms with Gasteiger partial charge in [0.25, 0.3) is 0 Å². The molecule has 0 saturated carbocycles. The van der Waals surface area contributed by atoms with Crippen LogP contribution < -0.4 is 0 Å². The predicted molar refractivity (Wildman–Crippen MR) is 66.0 cm³/mol. The van der Waals surface area contributed by atoms with Crippen molar-refractivity contribution in [2.45, 2.75) is 18.8 Å². The van der Waals surface area contributed by atoms with E-state index in [-0.39, 0.29) is 11.7 Å². The average molecular weight is 241 g/mol. The van der Waals surface area contributed by atoms with Crippen molar-refractivity contribution in [1.82, 2.24) is 4.98 Å². The molecule has 1 aliphatic rings. The van der Waals surface area contributed by atoms with Gasteiger partial charge in [0, 0.05) is 18.2 Å². The molecule has 1 aromatic carbocycles. The molecule has 1 aliphatic carbocycles. The van der Waals surface area contributed by atoms with Crippen LogP contribution in [-0.4, -0.2) is 10.8 Å². The second kappa shape index (κ2) is 4.33. The third-order valence-corrected chi connectivity index (χ3v) is 3.42. The van der Waals surface area contributed by atoms with Crippen LogP contribution in [0.5, 0.6) is 0 Å². The maximum atomic E-state index is 13.0. The standard InChI is InChI=1S/C15H12FNO/c16-13-6-12(8-17-9-13)15(18)7-11-5-10-3-1-2-4-14(10)11/h1-4,6,8-9,11H,5,7H2. The Bertz CT molecular complexity index is 609. The number of nitrogens with zero attached hydrogens (tertiary/aromatic N) is 1. The minimum Gasteiger partial charge on any atom is -0.294 e. The molecule has 0 aliphatic heterocycles. The summed E-state index contributed by atoms with van der Waals surface area (Å²) in [6, 6.07) is 9.38. The fraction of sp³-hybridized carbons (Fsp3) is 0.200. The summed E-state index contributed by atoms with van der Waals surface area (Å²) in [6.45, 7) is 0. The molecular weight excluding hydrogens is 229 g/mol. The van der Waals surface area contributed by atoms with Crippen LogP contribution in [0.2, 0.25) is 0 Å². The minimum absolute atomic E-state index is 0.0403. The van der Waals surface area contributed by atoms with Gasteiger partial charge in [-0.05, 0) is 29.5 Å². The number of pyridine rings is 1. The smallest absolute Gasteiger partial charge is 0.165 e. The van der Waals surface area contributed by atoms with E-state index in [1.54, 1.807) is 0 Å². The predicted octanol–water partition coefficient (Wildman–Crippen LogP) is 3.13. The molecule has 0 bridgehead atoms. The third-order valence-electron chi connectivity index (χ3n) is 3.42. The highest BCUT2D eigenvalue weighted by Crippen LogP contribution is 2.37. The zero-order valence-electron chi connectivity index (χ0n) is 9.77. The zero-order valence-corrected chi connectivity index (χ0v) is 9.77. The van der Waals surface area contributed by atoms with Crippen molar-refractivity contribution < 1.29 is 9.18 Å². The summed E-state index contributed by atoms with van der Waals surface area (Å²) in [7, 11) is 0. The molecule has 2 nitrogen and oxygen atoms in total. The van der Waals surface area contributed by atoms with E-state index in [9.17, 15) is 9.18 Å². The highest BCUT2D eigenvalue weighted by atomic mass is 19.1. The van der Waals surface area contributed by atoms with E-state index in [0.717, 1.165) is 12.6 Å². The highest BCUT2D eigenvalue weighted by Gasteiger charge is 2.27. The lowest BCUT2D eigenvalue weighted by Gasteiger charge is -2.29. The molecule has 1 aromatic heterocycles. The summed E-state index contributed by atoms with van der Waals surface area (Å²) in [4.78, 5) is 15.7. The Hall–Kier alpha value is -2.03.